The number of aliphatic hydroxyl groups is 1. The fourth-order valence-corrected chi connectivity index (χ4v) is 3.18. The van der Waals surface area contributed by atoms with Crippen LogP contribution in [0.4, 0.5) is 21.8 Å². The largest absolute Gasteiger partial charge is 0.382 e. The molecule has 1 saturated heterocycles. The highest BCUT2D eigenvalue weighted by atomic mass is 35.5. The Kier molecular flexibility index (Phi) is 5.24. The van der Waals surface area contributed by atoms with E-state index < -0.39 is 11.8 Å². The Bertz CT molecular complexity index is 1020. The van der Waals surface area contributed by atoms with Crippen LogP contribution in [0.5, 0.6) is 0 Å². The fourth-order valence-electron chi connectivity index (χ4n) is 3.03. The summed E-state index contributed by atoms with van der Waals surface area (Å²) in [6.45, 7) is 4.29. The maximum atomic E-state index is 14.1. The number of fused-ring (bicyclic) bond motifs is 1. The molecule has 1 aliphatic rings. The fraction of sp³-hybridized carbons (Fsp3) is 0.444. The first-order valence-corrected chi connectivity index (χ1v) is 9.67. The topological polar surface area (TPSA) is 112 Å². The van der Waals surface area contributed by atoms with E-state index in [1.165, 1.54) is 6.20 Å². The summed E-state index contributed by atoms with van der Waals surface area (Å²) < 4.78 is 15.7. The molecule has 0 bridgehead atoms. The summed E-state index contributed by atoms with van der Waals surface area (Å²) >= 11 is 6.19. The van der Waals surface area contributed by atoms with Gasteiger partial charge in [0.1, 0.15) is 16.8 Å². The van der Waals surface area contributed by atoms with Gasteiger partial charge in [-0.05, 0) is 32.9 Å². The normalized spacial score (nSPS) is 20.0. The van der Waals surface area contributed by atoms with Gasteiger partial charge in [-0.25, -0.2) is 18.9 Å². The monoisotopic (exact) mass is 420 g/mol. The molecule has 3 aromatic rings. The van der Waals surface area contributed by atoms with Gasteiger partial charge < -0.3 is 21.1 Å². The summed E-state index contributed by atoms with van der Waals surface area (Å²) in [6, 6.07) is 3.19. The summed E-state index contributed by atoms with van der Waals surface area (Å²) in [5.74, 6) is 1.02. The number of nitrogens with one attached hydrogen (secondary N) is 3. The highest BCUT2D eigenvalue weighted by molar-refractivity contribution is 6.32. The first-order valence-electron chi connectivity index (χ1n) is 9.30. The minimum Gasteiger partial charge on any atom is -0.382 e. The standard InChI is InChI=1S/C18H22ClFN8O/c1-18(2,29)16-25-14-7-10(4-6-28(14)27-16)23-17-22-8-11(19)15(26-17)24-13-3-5-21-9-12(13)20/h4,6-8,12-13,21,29H,3,5,9H2,1-2H3,(H2,22,23,24,26). The average Bonchev–Trinajstić information content (AvgIpc) is 3.10. The van der Waals surface area contributed by atoms with Gasteiger partial charge in [-0.2, -0.15) is 4.98 Å². The predicted molar refractivity (Wildman–Crippen MR) is 108 cm³/mol. The third-order valence-corrected chi connectivity index (χ3v) is 4.89. The number of hydrogen-bond acceptors (Lipinski definition) is 8. The van der Waals surface area contributed by atoms with Crippen LogP contribution >= 0.6 is 11.6 Å². The minimum absolute atomic E-state index is 0.302. The van der Waals surface area contributed by atoms with Crippen molar-refractivity contribution in [3.05, 3.63) is 35.4 Å². The van der Waals surface area contributed by atoms with Crippen LogP contribution < -0.4 is 16.0 Å². The third-order valence-electron chi connectivity index (χ3n) is 4.62. The van der Waals surface area contributed by atoms with E-state index >= 15 is 0 Å². The Balaban J connectivity index is 1.54. The summed E-state index contributed by atoms with van der Waals surface area (Å²) in [5, 5.41) is 23.8. The molecule has 3 aromatic heterocycles. The van der Waals surface area contributed by atoms with Crippen molar-refractivity contribution in [3.63, 3.8) is 0 Å². The molecule has 0 radical (unpaired) electrons. The molecule has 2 unspecified atom stereocenters. The molecule has 4 heterocycles. The van der Waals surface area contributed by atoms with Crippen LogP contribution in [0.1, 0.15) is 26.1 Å². The van der Waals surface area contributed by atoms with E-state index in [9.17, 15) is 9.50 Å². The van der Waals surface area contributed by atoms with Gasteiger partial charge in [-0.1, -0.05) is 11.6 Å². The van der Waals surface area contributed by atoms with E-state index in [4.69, 9.17) is 11.6 Å². The number of pyridine rings is 1. The Hall–Kier alpha value is -2.56. The number of nitrogens with zero attached hydrogens (tertiary/aromatic N) is 5. The van der Waals surface area contributed by atoms with E-state index in [0.29, 0.717) is 46.9 Å². The molecule has 1 aliphatic heterocycles. The number of anilines is 3. The zero-order valence-corrected chi connectivity index (χ0v) is 16.8. The van der Waals surface area contributed by atoms with Crippen molar-refractivity contribution >= 4 is 34.7 Å². The number of aromatic nitrogens is 5. The predicted octanol–water partition coefficient (Wildman–Crippen LogP) is 2.26. The van der Waals surface area contributed by atoms with Crippen LogP contribution in [0.2, 0.25) is 5.02 Å². The number of alkyl halides is 1. The molecule has 4 N–H and O–H groups in total. The molecule has 2 atom stereocenters. The van der Waals surface area contributed by atoms with E-state index in [2.05, 4.69) is 36.0 Å². The number of rotatable bonds is 5. The summed E-state index contributed by atoms with van der Waals surface area (Å²) in [6.07, 6.45) is 2.80. The minimum atomic E-state index is -1.14. The molecule has 0 saturated carbocycles. The van der Waals surface area contributed by atoms with E-state index in [0.717, 1.165) is 6.54 Å². The molecule has 0 amide bonds. The zero-order valence-electron chi connectivity index (χ0n) is 16.0. The molecule has 29 heavy (non-hydrogen) atoms. The van der Waals surface area contributed by atoms with Crippen molar-refractivity contribution in [3.8, 4) is 0 Å². The summed E-state index contributed by atoms with van der Waals surface area (Å²) in [5.41, 5.74) is 0.114. The highest BCUT2D eigenvalue weighted by Gasteiger charge is 2.25. The molecule has 0 spiro atoms. The van der Waals surface area contributed by atoms with Crippen LogP contribution in [0, 0.1) is 0 Å². The lowest BCUT2D eigenvalue weighted by Gasteiger charge is -2.28. The van der Waals surface area contributed by atoms with E-state index in [-0.39, 0.29) is 6.04 Å². The smallest absolute Gasteiger partial charge is 0.229 e. The molecule has 0 aromatic carbocycles. The lowest BCUT2D eigenvalue weighted by atomic mass is 10.1. The van der Waals surface area contributed by atoms with Crippen molar-refractivity contribution in [1.29, 1.82) is 0 Å². The molecule has 154 valence electrons. The van der Waals surface area contributed by atoms with Crippen LogP contribution in [-0.4, -0.2) is 55.0 Å². The van der Waals surface area contributed by atoms with Gasteiger partial charge in [-0.15, -0.1) is 5.10 Å². The molecule has 0 aliphatic carbocycles. The van der Waals surface area contributed by atoms with Crippen LogP contribution in [0.25, 0.3) is 5.65 Å². The summed E-state index contributed by atoms with van der Waals surface area (Å²) in [4.78, 5) is 12.9. The zero-order chi connectivity index (χ0) is 20.6. The average molecular weight is 421 g/mol. The maximum Gasteiger partial charge on any atom is 0.229 e. The second kappa shape index (κ2) is 7.69. The Morgan fingerprint density at radius 2 is 2.21 bits per heavy atom. The van der Waals surface area contributed by atoms with Gasteiger partial charge in [0.05, 0.1) is 12.2 Å². The van der Waals surface area contributed by atoms with Gasteiger partial charge in [-0.3, -0.25) is 0 Å². The molecule has 1 fully saturated rings. The lowest BCUT2D eigenvalue weighted by Crippen LogP contribution is -2.45. The van der Waals surface area contributed by atoms with Crippen molar-refractivity contribution in [2.45, 2.75) is 38.1 Å². The molecular weight excluding hydrogens is 399 g/mol. The first-order chi connectivity index (χ1) is 13.8. The number of halogens is 2. The maximum absolute atomic E-state index is 14.1. The third kappa shape index (κ3) is 4.39. The van der Waals surface area contributed by atoms with Crippen molar-refractivity contribution in [2.75, 3.05) is 23.7 Å². The van der Waals surface area contributed by atoms with E-state index in [1.54, 1.807) is 36.7 Å². The molecule has 11 heteroatoms. The number of hydrogen-bond donors (Lipinski definition) is 4. The van der Waals surface area contributed by atoms with Crippen LogP contribution in [0.3, 0.4) is 0 Å². The highest BCUT2D eigenvalue weighted by Crippen LogP contribution is 2.25. The molecule has 4 rings (SSSR count). The van der Waals surface area contributed by atoms with Crippen molar-refractivity contribution in [1.82, 2.24) is 29.9 Å². The van der Waals surface area contributed by atoms with Gasteiger partial charge in [0.25, 0.3) is 0 Å². The second-order valence-corrected chi connectivity index (χ2v) is 7.89. The SMILES string of the molecule is CC(C)(O)c1nc2cc(Nc3ncc(Cl)c(NC4CCNCC4F)n3)ccn2n1. The van der Waals surface area contributed by atoms with Gasteiger partial charge in [0.15, 0.2) is 17.3 Å². The van der Waals surface area contributed by atoms with Gasteiger partial charge >= 0.3 is 0 Å². The van der Waals surface area contributed by atoms with Crippen molar-refractivity contribution < 1.29 is 9.50 Å². The van der Waals surface area contributed by atoms with Gasteiger partial charge in [0, 0.05) is 24.5 Å². The Morgan fingerprint density at radius 1 is 1.38 bits per heavy atom. The Morgan fingerprint density at radius 3 is 2.97 bits per heavy atom. The molecule has 9 nitrogen and oxygen atoms in total. The van der Waals surface area contributed by atoms with Gasteiger partial charge in [0.2, 0.25) is 5.95 Å². The lowest BCUT2D eigenvalue weighted by molar-refractivity contribution is 0.0690. The molecular formula is C18H22ClFN8O. The number of piperidine rings is 1. The van der Waals surface area contributed by atoms with E-state index in [1.807, 2.05) is 0 Å². The first kappa shape index (κ1) is 19.7. The van der Waals surface area contributed by atoms with Crippen LogP contribution in [-0.2, 0) is 5.60 Å². The van der Waals surface area contributed by atoms with Crippen molar-refractivity contribution in [2.24, 2.45) is 0 Å². The summed E-state index contributed by atoms with van der Waals surface area (Å²) in [7, 11) is 0. The van der Waals surface area contributed by atoms with Crippen LogP contribution in [0.15, 0.2) is 24.5 Å². The quantitative estimate of drug-likeness (QED) is 0.497. The second-order valence-electron chi connectivity index (χ2n) is 7.49. The Labute approximate surface area is 171 Å².